The van der Waals surface area contributed by atoms with E-state index in [9.17, 15) is 0 Å². The Balaban J connectivity index is 1.99. The van der Waals surface area contributed by atoms with Gasteiger partial charge in [0, 0.05) is 24.6 Å². The summed E-state index contributed by atoms with van der Waals surface area (Å²) in [6.45, 7) is 1.24. The Kier molecular flexibility index (Phi) is 4.34. The van der Waals surface area contributed by atoms with Gasteiger partial charge in [-0.25, -0.2) is 9.97 Å². The molecule has 0 atom stereocenters. The van der Waals surface area contributed by atoms with Gasteiger partial charge in [0.1, 0.15) is 9.98 Å². The van der Waals surface area contributed by atoms with E-state index in [2.05, 4.69) is 32.8 Å². The third kappa shape index (κ3) is 3.00. The third-order valence-corrected chi connectivity index (χ3v) is 4.21. The normalized spacial score (nSPS) is 11.0. The van der Waals surface area contributed by atoms with Crippen LogP contribution in [-0.2, 0) is 4.74 Å². The number of thiophene rings is 1. The van der Waals surface area contributed by atoms with Crippen LogP contribution in [-0.4, -0.2) is 30.2 Å². The minimum Gasteiger partial charge on any atom is -0.383 e. The van der Waals surface area contributed by atoms with E-state index in [4.69, 9.17) is 16.3 Å². The number of hydrogen-bond donors (Lipinski definition) is 1. The van der Waals surface area contributed by atoms with Crippen LogP contribution in [0.15, 0.2) is 35.7 Å². The van der Waals surface area contributed by atoms with Gasteiger partial charge in [-0.15, -0.1) is 11.3 Å². The van der Waals surface area contributed by atoms with Gasteiger partial charge in [0.05, 0.1) is 12.0 Å². The van der Waals surface area contributed by atoms with Crippen molar-refractivity contribution in [2.24, 2.45) is 0 Å². The zero-order valence-corrected chi connectivity index (χ0v) is 13.0. The number of aromatic nitrogens is 2. The summed E-state index contributed by atoms with van der Waals surface area (Å²) < 4.78 is 4.99. The molecule has 3 aromatic rings. The first kappa shape index (κ1) is 14.3. The van der Waals surface area contributed by atoms with Crippen LogP contribution < -0.4 is 5.32 Å². The summed E-state index contributed by atoms with van der Waals surface area (Å²) in [7, 11) is 1.66. The Morgan fingerprint density at radius 1 is 1.24 bits per heavy atom. The number of hydrogen-bond acceptors (Lipinski definition) is 5. The van der Waals surface area contributed by atoms with Gasteiger partial charge in [0.25, 0.3) is 0 Å². The topological polar surface area (TPSA) is 47.0 Å². The smallest absolute Gasteiger partial charge is 0.225 e. The average molecular weight is 320 g/mol. The van der Waals surface area contributed by atoms with E-state index >= 15 is 0 Å². The van der Waals surface area contributed by atoms with Crippen LogP contribution in [0.5, 0.6) is 0 Å². The van der Waals surface area contributed by atoms with Crippen LogP contribution in [0.3, 0.4) is 0 Å². The molecule has 0 aliphatic carbocycles. The molecular weight excluding hydrogens is 306 g/mol. The lowest BCUT2D eigenvalue weighted by Crippen LogP contribution is -2.10. The van der Waals surface area contributed by atoms with Crippen LogP contribution in [0.25, 0.3) is 21.3 Å². The van der Waals surface area contributed by atoms with Gasteiger partial charge >= 0.3 is 0 Å². The lowest BCUT2D eigenvalue weighted by Gasteiger charge is -2.05. The van der Waals surface area contributed by atoms with Crippen LogP contribution in [0.4, 0.5) is 5.95 Å². The predicted molar refractivity (Wildman–Crippen MR) is 88.2 cm³/mol. The van der Waals surface area contributed by atoms with Gasteiger partial charge in [-0.3, -0.25) is 0 Å². The quantitative estimate of drug-likeness (QED) is 0.569. The van der Waals surface area contributed by atoms with Gasteiger partial charge in [-0.05, 0) is 5.56 Å². The Hall–Kier alpha value is -1.69. The number of fused-ring (bicyclic) bond motifs is 1. The molecule has 21 heavy (non-hydrogen) atoms. The monoisotopic (exact) mass is 319 g/mol. The molecule has 0 fully saturated rings. The molecule has 0 saturated carbocycles. The maximum atomic E-state index is 6.36. The van der Waals surface area contributed by atoms with Gasteiger partial charge in [-0.2, -0.15) is 0 Å². The highest BCUT2D eigenvalue weighted by atomic mass is 35.5. The average Bonchev–Trinajstić information content (AvgIpc) is 2.93. The number of nitrogens with zero attached hydrogens (tertiary/aromatic N) is 2. The molecule has 0 unspecified atom stereocenters. The summed E-state index contributed by atoms with van der Waals surface area (Å²) >= 11 is 7.93. The van der Waals surface area contributed by atoms with Crippen LogP contribution in [0.1, 0.15) is 0 Å². The van der Waals surface area contributed by atoms with E-state index in [1.54, 1.807) is 18.4 Å². The van der Waals surface area contributed by atoms with Crippen molar-refractivity contribution in [1.82, 2.24) is 9.97 Å². The summed E-state index contributed by atoms with van der Waals surface area (Å²) in [6, 6.07) is 10.1. The third-order valence-electron chi connectivity index (χ3n) is 3.06. The molecule has 0 aliphatic heterocycles. The molecule has 0 radical (unpaired) electrons. The molecule has 0 spiro atoms. The van der Waals surface area contributed by atoms with E-state index in [1.165, 1.54) is 0 Å². The van der Waals surface area contributed by atoms with E-state index < -0.39 is 0 Å². The molecule has 6 heteroatoms. The highest BCUT2D eigenvalue weighted by molar-refractivity contribution is 7.17. The van der Waals surface area contributed by atoms with E-state index in [0.29, 0.717) is 24.3 Å². The van der Waals surface area contributed by atoms with Crippen molar-refractivity contribution in [1.29, 1.82) is 0 Å². The fourth-order valence-corrected chi connectivity index (χ4v) is 3.35. The minimum atomic E-state index is 0.472. The zero-order valence-electron chi connectivity index (χ0n) is 11.5. The highest BCUT2D eigenvalue weighted by Gasteiger charge is 2.13. The van der Waals surface area contributed by atoms with Gasteiger partial charge < -0.3 is 10.1 Å². The molecule has 108 valence electrons. The Morgan fingerprint density at radius 2 is 2.05 bits per heavy atom. The molecular formula is C15H14ClN3OS. The van der Waals surface area contributed by atoms with Crippen molar-refractivity contribution >= 4 is 39.1 Å². The van der Waals surface area contributed by atoms with Crippen LogP contribution >= 0.6 is 22.9 Å². The second-order valence-electron chi connectivity index (χ2n) is 4.45. The summed E-state index contributed by atoms with van der Waals surface area (Å²) in [5, 5.41) is 6.55. The summed E-state index contributed by atoms with van der Waals surface area (Å²) in [4.78, 5) is 9.72. The van der Waals surface area contributed by atoms with Gasteiger partial charge in [0.15, 0.2) is 0 Å². The number of ether oxygens (including phenoxy) is 1. The Labute approximate surface area is 131 Å². The molecule has 4 nitrogen and oxygen atoms in total. The van der Waals surface area contributed by atoms with Crippen molar-refractivity contribution in [2.75, 3.05) is 25.6 Å². The number of rotatable bonds is 5. The molecule has 0 aliphatic rings. The fraction of sp³-hybridized carbons (Fsp3) is 0.200. The lowest BCUT2D eigenvalue weighted by atomic mass is 10.1. The molecule has 2 heterocycles. The first-order valence-electron chi connectivity index (χ1n) is 6.52. The van der Waals surface area contributed by atoms with Crippen molar-refractivity contribution in [3.05, 3.63) is 40.9 Å². The lowest BCUT2D eigenvalue weighted by molar-refractivity contribution is 0.210. The van der Waals surface area contributed by atoms with Crippen LogP contribution in [0.2, 0.25) is 5.15 Å². The van der Waals surface area contributed by atoms with Gasteiger partial charge in [0.2, 0.25) is 5.95 Å². The number of benzene rings is 1. The minimum absolute atomic E-state index is 0.472. The Morgan fingerprint density at radius 3 is 2.81 bits per heavy atom. The molecule has 2 aromatic heterocycles. The molecule has 0 bridgehead atoms. The number of halogens is 1. The largest absolute Gasteiger partial charge is 0.383 e. The van der Waals surface area contributed by atoms with Crippen molar-refractivity contribution < 1.29 is 4.74 Å². The molecule has 1 N–H and O–H groups in total. The van der Waals surface area contributed by atoms with Crippen molar-refractivity contribution in [3.8, 4) is 11.1 Å². The number of methoxy groups -OCH3 is 1. The predicted octanol–water partition coefficient (Wildman–Crippen LogP) is 4.07. The fourth-order valence-electron chi connectivity index (χ4n) is 2.07. The second kappa shape index (κ2) is 6.39. The number of nitrogens with one attached hydrogen (secondary N) is 1. The second-order valence-corrected chi connectivity index (χ2v) is 5.67. The van der Waals surface area contributed by atoms with Crippen LogP contribution in [0, 0.1) is 0 Å². The summed E-state index contributed by atoms with van der Waals surface area (Å²) in [6.07, 6.45) is 0. The number of anilines is 1. The van der Waals surface area contributed by atoms with E-state index in [1.807, 2.05) is 18.2 Å². The van der Waals surface area contributed by atoms with E-state index in [-0.39, 0.29) is 0 Å². The van der Waals surface area contributed by atoms with Crippen molar-refractivity contribution in [2.45, 2.75) is 0 Å². The maximum Gasteiger partial charge on any atom is 0.225 e. The first-order valence-corrected chi connectivity index (χ1v) is 7.78. The van der Waals surface area contributed by atoms with Crippen molar-refractivity contribution in [3.63, 3.8) is 0 Å². The molecule has 0 saturated heterocycles. The van der Waals surface area contributed by atoms with E-state index in [0.717, 1.165) is 21.3 Å². The molecule has 1 aromatic carbocycles. The SMILES string of the molecule is COCCNc1nc(Cl)c2c(-c3ccccc3)csc2n1. The highest BCUT2D eigenvalue weighted by Crippen LogP contribution is 2.37. The first-order chi connectivity index (χ1) is 10.3. The summed E-state index contributed by atoms with van der Waals surface area (Å²) in [5.41, 5.74) is 2.19. The maximum absolute atomic E-state index is 6.36. The summed E-state index contributed by atoms with van der Waals surface area (Å²) in [5.74, 6) is 0.533. The Bertz CT molecular complexity index is 745. The standard InChI is InChI=1S/C15H14ClN3OS/c1-20-8-7-17-15-18-13(16)12-11(9-21-14(12)19-15)10-5-3-2-4-6-10/h2-6,9H,7-8H2,1H3,(H,17,18,19). The molecule has 3 rings (SSSR count). The van der Waals surface area contributed by atoms with Gasteiger partial charge in [-0.1, -0.05) is 41.9 Å². The zero-order chi connectivity index (χ0) is 14.7. The molecule has 0 amide bonds.